The molecule has 0 aliphatic rings. The van der Waals surface area contributed by atoms with Crippen LogP contribution in [0.2, 0.25) is 0 Å². The maximum atomic E-state index is 13.6. The number of aromatic nitrogens is 2. The molecule has 0 saturated heterocycles. The standard InChI is InChI=1S/C32H24BrN3O4/c1-2-38-28-17-23(25(33)18-29(28)39-20-21-10-4-3-5-11-21)19-34-36-31(30-16-22-12-6-9-15-27(22)40-30)35-26-14-8-7-13-24(26)32(36)37/h3-19H,2,20H2,1H3. The lowest BCUT2D eigenvalue weighted by molar-refractivity contribution is 0.269. The highest BCUT2D eigenvalue weighted by Crippen LogP contribution is 2.34. The van der Waals surface area contributed by atoms with E-state index in [1.54, 1.807) is 24.4 Å². The number of hydrogen-bond donors (Lipinski definition) is 0. The number of ether oxygens (including phenoxy) is 2. The number of benzene rings is 4. The molecule has 8 heteroatoms. The van der Waals surface area contributed by atoms with Gasteiger partial charge in [0.2, 0.25) is 5.82 Å². The molecule has 6 aromatic rings. The molecule has 0 bridgehead atoms. The van der Waals surface area contributed by atoms with Gasteiger partial charge in [0, 0.05) is 15.4 Å². The normalized spacial score (nSPS) is 11.4. The molecule has 0 amide bonds. The summed E-state index contributed by atoms with van der Waals surface area (Å²) in [7, 11) is 0. The fourth-order valence-corrected chi connectivity index (χ4v) is 4.79. The van der Waals surface area contributed by atoms with E-state index in [1.807, 2.05) is 85.8 Å². The van der Waals surface area contributed by atoms with Crippen LogP contribution in [0.15, 0.2) is 116 Å². The third kappa shape index (κ3) is 5.13. The van der Waals surface area contributed by atoms with Crippen LogP contribution in [0, 0.1) is 0 Å². The number of hydrogen-bond acceptors (Lipinski definition) is 6. The third-order valence-electron chi connectivity index (χ3n) is 6.31. The van der Waals surface area contributed by atoms with Gasteiger partial charge in [0.05, 0.1) is 23.7 Å². The zero-order valence-electron chi connectivity index (χ0n) is 21.6. The van der Waals surface area contributed by atoms with Crippen molar-refractivity contribution in [2.75, 3.05) is 6.61 Å². The largest absolute Gasteiger partial charge is 0.490 e. The van der Waals surface area contributed by atoms with Crippen molar-refractivity contribution in [3.63, 3.8) is 0 Å². The second kappa shape index (κ2) is 11.2. The number of fused-ring (bicyclic) bond motifs is 2. The highest BCUT2D eigenvalue weighted by Gasteiger charge is 2.17. The molecule has 0 spiro atoms. The van der Waals surface area contributed by atoms with Gasteiger partial charge in [-0.3, -0.25) is 4.79 Å². The second-order valence-electron chi connectivity index (χ2n) is 8.99. The molecule has 6 rings (SSSR count). The van der Waals surface area contributed by atoms with Crippen LogP contribution in [0.1, 0.15) is 18.1 Å². The van der Waals surface area contributed by atoms with E-state index >= 15 is 0 Å². The molecule has 0 atom stereocenters. The van der Waals surface area contributed by atoms with Gasteiger partial charge >= 0.3 is 0 Å². The molecule has 2 aromatic heterocycles. The van der Waals surface area contributed by atoms with Crippen LogP contribution in [0.3, 0.4) is 0 Å². The molecule has 0 unspecified atom stereocenters. The summed E-state index contributed by atoms with van der Waals surface area (Å²) in [6.45, 7) is 2.78. The molecular weight excluding hydrogens is 570 g/mol. The summed E-state index contributed by atoms with van der Waals surface area (Å²) < 4.78 is 20.0. The molecule has 7 nitrogen and oxygen atoms in total. The van der Waals surface area contributed by atoms with Crippen molar-refractivity contribution in [2.24, 2.45) is 5.10 Å². The molecule has 0 radical (unpaired) electrons. The van der Waals surface area contributed by atoms with Crippen LogP contribution in [0.5, 0.6) is 11.5 Å². The predicted molar refractivity (Wildman–Crippen MR) is 160 cm³/mol. The molecule has 4 aromatic carbocycles. The van der Waals surface area contributed by atoms with Crippen molar-refractivity contribution >= 4 is 44.0 Å². The minimum absolute atomic E-state index is 0.304. The van der Waals surface area contributed by atoms with Crippen molar-refractivity contribution in [2.45, 2.75) is 13.5 Å². The Morgan fingerprint density at radius 3 is 2.50 bits per heavy atom. The van der Waals surface area contributed by atoms with Gasteiger partial charge in [-0.2, -0.15) is 9.78 Å². The fourth-order valence-electron chi connectivity index (χ4n) is 4.37. The number of furan rings is 1. The first-order chi connectivity index (χ1) is 19.6. The minimum atomic E-state index is -0.304. The molecule has 0 fully saturated rings. The molecule has 198 valence electrons. The van der Waals surface area contributed by atoms with E-state index in [1.165, 1.54) is 4.68 Å². The summed E-state index contributed by atoms with van der Waals surface area (Å²) in [4.78, 5) is 18.3. The lowest BCUT2D eigenvalue weighted by Crippen LogP contribution is -2.20. The molecule has 0 aliphatic heterocycles. The molecule has 0 saturated carbocycles. The summed E-state index contributed by atoms with van der Waals surface area (Å²) in [6, 6.07) is 30.3. The van der Waals surface area contributed by atoms with Crippen LogP contribution in [-0.4, -0.2) is 22.5 Å². The summed E-state index contributed by atoms with van der Waals surface area (Å²) in [5.41, 5.74) is 2.71. The maximum Gasteiger partial charge on any atom is 0.282 e. The number of rotatable bonds is 8. The Morgan fingerprint density at radius 1 is 0.925 bits per heavy atom. The number of halogens is 1. The maximum absolute atomic E-state index is 13.6. The third-order valence-corrected chi connectivity index (χ3v) is 7.00. The first-order valence-corrected chi connectivity index (χ1v) is 13.6. The molecular formula is C32H24BrN3O4. The lowest BCUT2D eigenvalue weighted by Gasteiger charge is -2.14. The Kier molecular flexibility index (Phi) is 7.16. The summed E-state index contributed by atoms with van der Waals surface area (Å²) in [5.74, 6) is 1.92. The highest BCUT2D eigenvalue weighted by molar-refractivity contribution is 9.10. The van der Waals surface area contributed by atoms with Crippen molar-refractivity contribution in [3.8, 4) is 23.1 Å². The van der Waals surface area contributed by atoms with Crippen molar-refractivity contribution in [1.29, 1.82) is 0 Å². The zero-order chi connectivity index (χ0) is 27.5. The summed E-state index contributed by atoms with van der Waals surface area (Å²) in [6.07, 6.45) is 1.59. The fraction of sp³-hybridized carbons (Fsp3) is 0.0938. The number of nitrogens with zero attached hydrogens (tertiary/aromatic N) is 3. The Bertz CT molecular complexity index is 1880. The monoisotopic (exact) mass is 593 g/mol. The van der Waals surface area contributed by atoms with Gasteiger partial charge < -0.3 is 13.9 Å². The summed E-state index contributed by atoms with van der Waals surface area (Å²) in [5, 5.41) is 5.95. The van der Waals surface area contributed by atoms with Crippen LogP contribution in [0.4, 0.5) is 0 Å². The van der Waals surface area contributed by atoms with Gasteiger partial charge in [-0.25, -0.2) is 4.98 Å². The predicted octanol–water partition coefficient (Wildman–Crippen LogP) is 7.43. The molecule has 0 aliphatic carbocycles. The van der Waals surface area contributed by atoms with E-state index in [0.717, 1.165) is 15.4 Å². The first-order valence-electron chi connectivity index (χ1n) is 12.8. The van der Waals surface area contributed by atoms with E-state index in [9.17, 15) is 4.79 Å². The van der Waals surface area contributed by atoms with Gasteiger partial charge in [-0.05, 0) is 64.8 Å². The number of para-hydroxylation sites is 2. The zero-order valence-corrected chi connectivity index (χ0v) is 23.2. The smallest absolute Gasteiger partial charge is 0.282 e. The quantitative estimate of drug-likeness (QED) is 0.171. The second-order valence-corrected chi connectivity index (χ2v) is 9.84. The van der Waals surface area contributed by atoms with E-state index in [0.29, 0.717) is 58.3 Å². The molecule has 2 heterocycles. The van der Waals surface area contributed by atoms with Crippen LogP contribution < -0.4 is 15.0 Å². The minimum Gasteiger partial charge on any atom is -0.490 e. The Morgan fingerprint density at radius 2 is 1.68 bits per heavy atom. The van der Waals surface area contributed by atoms with Crippen LogP contribution >= 0.6 is 15.9 Å². The topological polar surface area (TPSA) is 78.9 Å². The van der Waals surface area contributed by atoms with E-state index < -0.39 is 0 Å². The average molecular weight is 594 g/mol. The van der Waals surface area contributed by atoms with Crippen LogP contribution in [0.25, 0.3) is 33.5 Å². The molecule has 40 heavy (non-hydrogen) atoms. The Hall–Kier alpha value is -4.69. The van der Waals surface area contributed by atoms with Gasteiger partial charge in [0.25, 0.3) is 5.56 Å². The highest BCUT2D eigenvalue weighted by atomic mass is 79.9. The summed E-state index contributed by atoms with van der Waals surface area (Å²) >= 11 is 3.63. The lowest BCUT2D eigenvalue weighted by atomic mass is 10.2. The SMILES string of the molecule is CCOc1cc(C=Nn2c(-c3cc4ccccc4o3)nc3ccccc3c2=O)c(Br)cc1OCc1ccccc1. The van der Waals surface area contributed by atoms with Crippen LogP contribution in [-0.2, 0) is 6.61 Å². The van der Waals surface area contributed by atoms with Gasteiger partial charge in [-0.15, -0.1) is 0 Å². The van der Waals surface area contributed by atoms with Gasteiger partial charge in [0.1, 0.15) is 12.2 Å². The van der Waals surface area contributed by atoms with Gasteiger partial charge in [0.15, 0.2) is 17.3 Å². The Labute approximate surface area is 238 Å². The van der Waals surface area contributed by atoms with Crippen molar-refractivity contribution in [1.82, 2.24) is 9.66 Å². The molecule has 0 N–H and O–H groups in total. The van der Waals surface area contributed by atoms with Crippen molar-refractivity contribution in [3.05, 3.63) is 123 Å². The van der Waals surface area contributed by atoms with E-state index in [-0.39, 0.29) is 5.56 Å². The van der Waals surface area contributed by atoms with Crippen molar-refractivity contribution < 1.29 is 13.9 Å². The average Bonchev–Trinajstić information content (AvgIpc) is 3.42. The van der Waals surface area contributed by atoms with E-state index in [4.69, 9.17) is 18.9 Å². The van der Waals surface area contributed by atoms with E-state index in [2.05, 4.69) is 21.0 Å². The first kappa shape index (κ1) is 25.6. The van der Waals surface area contributed by atoms with Gasteiger partial charge in [-0.1, -0.05) is 60.7 Å². The Balaban J connectivity index is 1.41.